The van der Waals surface area contributed by atoms with Crippen molar-refractivity contribution in [3.05, 3.63) is 35.6 Å². The minimum absolute atomic E-state index is 0.259. The predicted molar refractivity (Wildman–Crippen MR) is 82.6 cm³/mol. The zero-order chi connectivity index (χ0) is 15.7. The van der Waals surface area contributed by atoms with Gasteiger partial charge in [0.15, 0.2) is 0 Å². The van der Waals surface area contributed by atoms with Gasteiger partial charge in [0.25, 0.3) is 0 Å². The summed E-state index contributed by atoms with van der Waals surface area (Å²) in [5.74, 6) is 0.201. The molecule has 0 aliphatic heterocycles. The smallest absolute Gasteiger partial charge is 0.312 e. The van der Waals surface area contributed by atoms with Gasteiger partial charge in [0, 0.05) is 6.54 Å². The van der Waals surface area contributed by atoms with Crippen LogP contribution in [0.4, 0.5) is 9.18 Å². The van der Waals surface area contributed by atoms with Gasteiger partial charge in [0.1, 0.15) is 11.9 Å². The first-order valence-corrected chi connectivity index (χ1v) is 7.99. The molecular weight excluding hydrogens is 293 g/mol. The van der Waals surface area contributed by atoms with Crippen LogP contribution in [0.5, 0.6) is 0 Å². The Bertz CT molecular complexity index is 468. The fourth-order valence-corrected chi connectivity index (χ4v) is 2.25. The molecule has 0 heterocycles. The van der Waals surface area contributed by atoms with Gasteiger partial charge in [0.05, 0.1) is 0 Å². The number of halogens is 1. The molecule has 1 aromatic rings. The standard InChI is InChI=1S/C14H20FN3O2S/c1-21-9-7-12(18-14(16)20)13(19)17-8-6-10-2-4-11(15)5-3-10/h2-5,12H,6-9H2,1H3,(H,17,19)(H3,16,18,20)/t12-/m0/s1. The number of urea groups is 1. The molecule has 3 amide bonds. The highest BCUT2D eigenvalue weighted by atomic mass is 32.2. The third-order valence-corrected chi connectivity index (χ3v) is 3.51. The molecule has 116 valence electrons. The van der Waals surface area contributed by atoms with E-state index in [2.05, 4.69) is 10.6 Å². The van der Waals surface area contributed by atoms with Crippen LogP contribution in [0.1, 0.15) is 12.0 Å². The van der Waals surface area contributed by atoms with Crippen LogP contribution in [0.3, 0.4) is 0 Å². The van der Waals surface area contributed by atoms with Crippen LogP contribution >= 0.6 is 11.8 Å². The quantitative estimate of drug-likeness (QED) is 0.676. The van der Waals surface area contributed by atoms with Crippen molar-refractivity contribution < 1.29 is 14.0 Å². The van der Waals surface area contributed by atoms with Crippen LogP contribution in [-0.4, -0.2) is 36.5 Å². The molecule has 0 bridgehead atoms. The van der Waals surface area contributed by atoms with E-state index in [9.17, 15) is 14.0 Å². The molecule has 0 aliphatic carbocycles. The van der Waals surface area contributed by atoms with E-state index < -0.39 is 12.1 Å². The predicted octanol–water partition coefficient (Wildman–Crippen LogP) is 1.27. The maximum absolute atomic E-state index is 12.8. The van der Waals surface area contributed by atoms with E-state index in [0.717, 1.165) is 11.3 Å². The summed E-state index contributed by atoms with van der Waals surface area (Å²) in [5, 5.41) is 5.18. The molecule has 1 aromatic carbocycles. The van der Waals surface area contributed by atoms with Gasteiger partial charge in [-0.15, -0.1) is 0 Å². The Kier molecular flexibility index (Phi) is 7.60. The Labute approximate surface area is 127 Å². The van der Waals surface area contributed by atoms with Gasteiger partial charge in [-0.25, -0.2) is 9.18 Å². The van der Waals surface area contributed by atoms with Crippen LogP contribution in [0.15, 0.2) is 24.3 Å². The van der Waals surface area contributed by atoms with Gasteiger partial charge in [-0.2, -0.15) is 11.8 Å². The summed E-state index contributed by atoms with van der Waals surface area (Å²) < 4.78 is 12.8. The van der Waals surface area contributed by atoms with Gasteiger partial charge in [0.2, 0.25) is 5.91 Å². The van der Waals surface area contributed by atoms with Gasteiger partial charge in [-0.1, -0.05) is 12.1 Å². The number of carbonyl (C=O) groups excluding carboxylic acids is 2. The van der Waals surface area contributed by atoms with Crippen molar-refractivity contribution in [2.45, 2.75) is 18.9 Å². The van der Waals surface area contributed by atoms with Crippen molar-refractivity contribution in [1.29, 1.82) is 0 Å². The van der Waals surface area contributed by atoms with Crippen molar-refractivity contribution in [2.75, 3.05) is 18.6 Å². The number of benzene rings is 1. The zero-order valence-corrected chi connectivity index (χ0v) is 12.7. The highest BCUT2D eigenvalue weighted by Crippen LogP contribution is 2.04. The lowest BCUT2D eigenvalue weighted by atomic mass is 10.1. The summed E-state index contributed by atoms with van der Waals surface area (Å²) in [6.45, 7) is 0.417. The minimum Gasteiger partial charge on any atom is -0.354 e. The number of rotatable bonds is 8. The molecule has 1 atom stereocenters. The third kappa shape index (κ3) is 6.99. The van der Waals surface area contributed by atoms with Crippen LogP contribution < -0.4 is 16.4 Å². The Hall–Kier alpha value is -1.76. The number of amides is 3. The second kappa shape index (κ2) is 9.23. The maximum atomic E-state index is 12.8. The van der Waals surface area contributed by atoms with E-state index >= 15 is 0 Å². The summed E-state index contributed by atoms with van der Waals surface area (Å²) in [6.07, 6.45) is 3.04. The molecule has 0 saturated heterocycles. The fraction of sp³-hybridized carbons (Fsp3) is 0.429. The van der Waals surface area contributed by atoms with Crippen LogP contribution in [0.25, 0.3) is 0 Å². The normalized spacial score (nSPS) is 11.7. The average molecular weight is 313 g/mol. The number of nitrogens with two attached hydrogens (primary N) is 1. The van der Waals surface area contributed by atoms with E-state index in [-0.39, 0.29) is 11.7 Å². The molecule has 0 saturated carbocycles. The molecule has 1 rings (SSSR count). The molecule has 7 heteroatoms. The highest BCUT2D eigenvalue weighted by Gasteiger charge is 2.18. The lowest BCUT2D eigenvalue weighted by Crippen LogP contribution is -2.49. The molecule has 0 aliphatic rings. The first-order valence-electron chi connectivity index (χ1n) is 6.60. The fourth-order valence-electron chi connectivity index (χ4n) is 1.78. The third-order valence-electron chi connectivity index (χ3n) is 2.87. The van der Waals surface area contributed by atoms with Gasteiger partial charge in [-0.3, -0.25) is 4.79 Å². The maximum Gasteiger partial charge on any atom is 0.312 e. The number of carbonyl (C=O) groups is 2. The lowest BCUT2D eigenvalue weighted by Gasteiger charge is -2.16. The van der Waals surface area contributed by atoms with Crippen molar-refractivity contribution >= 4 is 23.7 Å². The summed E-state index contributed by atoms with van der Waals surface area (Å²) in [5.41, 5.74) is 6.00. The molecule has 0 spiro atoms. The van der Waals surface area contributed by atoms with Crippen molar-refractivity contribution in [3.63, 3.8) is 0 Å². The van der Waals surface area contributed by atoms with E-state index in [4.69, 9.17) is 5.73 Å². The number of nitrogens with one attached hydrogen (secondary N) is 2. The van der Waals surface area contributed by atoms with Crippen LogP contribution in [0, 0.1) is 5.82 Å². The van der Waals surface area contributed by atoms with Gasteiger partial charge < -0.3 is 16.4 Å². The van der Waals surface area contributed by atoms with E-state index in [1.807, 2.05) is 6.26 Å². The Morgan fingerprint density at radius 3 is 2.57 bits per heavy atom. The molecule has 4 N–H and O–H groups in total. The summed E-state index contributed by atoms with van der Waals surface area (Å²) in [6, 6.07) is 4.78. The van der Waals surface area contributed by atoms with E-state index in [0.29, 0.717) is 19.4 Å². The topological polar surface area (TPSA) is 84.2 Å². The Morgan fingerprint density at radius 2 is 2.00 bits per heavy atom. The molecule has 0 unspecified atom stereocenters. The zero-order valence-electron chi connectivity index (χ0n) is 11.9. The number of hydrogen-bond acceptors (Lipinski definition) is 3. The summed E-state index contributed by atoms with van der Waals surface area (Å²) in [4.78, 5) is 22.9. The first kappa shape index (κ1) is 17.3. The monoisotopic (exact) mass is 313 g/mol. The largest absolute Gasteiger partial charge is 0.354 e. The first-order chi connectivity index (χ1) is 10.0. The molecule has 5 nitrogen and oxygen atoms in total. The molecule has 0 radical (unpaired) electrons. The van der Waals surface area contributed by atoms with Crippen molar-refractivity contribution in [1.82, 2.24) is 10.6 Å². The number of hydrogen-bond donors (Lipinski definition) is 3. The second-order valence-electron chi connectivity index (χ2n) is 4.51. The SMILES string of the molecule is CSCC[C@H](NC(N)=O)C(=O)NCCc1ccc(F)cc1. The van der Waals surface area contributed by atoms with E-state index in [1.54, 1.807) is 23.9 Å². The lowest BCUT2D eigenvalue weighted by molar-refractivity contribution is -0.122. The van der Waals surface area contributed by atoms with Crippen LogP contribution in [0.2, 0.25) is 0 Å². The number of thioether (sulfide) groups is 1. The summed E-state index contributed by atoms with van der Waals surface area (Å²) >= 11 is 1.59. The Balaban J connectivity index is 2.41. The summed E-state index contributed by atoms with van der Waals surface area (Å²) in [7, 11) is 0. The molecule has 0 aromatic heterocycles. The van der Waals surface area contributed by atoms with E-state index in [1.165, 1.54) is 12.1 Å². The Morgan fingerprint density at radius 1 is 1.33 bits per heavy atom. The minimum atomic E-state index is -0.713. The van der Waals surface area contributed by atoms with Crippen LogP contribution in [-0.2, 0) is 11.2 Å². The molecule has 21 heavy (non-hydrogen) atoms. The second-order valence-corrected chi connectivity index (χ2v) is 5.50. The number of primary amides is 1. The molecule has 0 fully saturated rings. The molecular formula is C14H20FN3O2S. The van der Waals surface area contributed by atoms with Gasteiger partial charge >= 0.3 is 6.03 Å². The van der Waals surface area contributed by atoms with Crippen molar-refractivity contribution in [3.8, 4) is 0 Å². The van der Waals surface area contributed by atoms with Gasteiger partial charge in [-0.05, 0) is 42.5 Å². The average Bonchev–Trinajstić information content (AvgIpc) is 2.45. The van der Waals surface area contributed by atoms with Crippen molar-refractivity contribution in [2.24, 2.45) is 5.73 Å². The highest BCUT2D eigenvalue weighted by molar-refractivity contribution is 7.98.